The van der Waals surface area contributed by atoms with Crippen LogP contribution in [0.4, 0.5) is 0 Å². The zero-order valence-corrected chi connectivity index (χ0v) is 5.09. The van der Waals surface area contributed by atoms with Gasteiger partial charge in [-0.15, -0.1) is 0 Å². The van der Waals surface area contributed by atoms with E-state index in [-0.39, 0.29) is 17.1 Å². The Morgan fingerprint density at radius 1 is 1.50 bits per heavy atom. The fraction of sp³-hybridized carbons (Fsp3) is 0. The first-order valence-corrected chi connectivity index (χ1v) is 2.47. The summed E-state index contributed by atoms with van der Waals surface area (Å²) in [6.45, 7) is -0.442. The van der Waals surface area contributed by atoms with Gasteiger partial charge in [-0.05, 0) is 0 Å². The van der Waals surface area contributed by atoms with E-state index in [0.29, 0.717) is 0 Å². The smallest absolute Gasteiger partial charge is 0.716 e. The Bertz CT molecular complexity index is 146. The molecule has 5 nitrogen and oxygen atoms in total. The summed E-state index contributed by atoms with van der Waals surface area (Å²) in [4.78, 5) is 9.02. The molecule has 0 unspecified atom stereocenters. The predicted molar refractivity (Wildman–Crippen MR) is 16.8 cm³/mol. The first-order valence-electron chi connectivity index (χ1n) is 1.14. The van der Waals surface area contributed by atoms with Gasteiger partial charge < -0.3 is 8.74 Å². The van der Waals surface area contributed by atoms with Gasteiger partial charge in [0.25, 0.3) is 10.4 Å². The van der Waals surface area contributed by atoms with E-state index in [0.717, 1.165) is 0 Å². The number of carbonyl (C=O) groups is 1. The van der Waals surface area contributed by atoms with Crippen molar-refractivity contribution < 1.29 is 39.0 Å². The molecule has 8 heavy (non-hydrogen) atoms. The quantitative estimate of drug-likeness (QED) is 0.231. The summed E-state index contributed by atoms with van der Waals surface area (Å²) in [5.41, 5.74) is 0. The molecule has 0 aliphatic carbocycles. The van der Waals surface area contributed by atoms with Crippen LogP contribution in [0.1, 0.15) is 0 Å². The molecule has 7 heteroatoms. The Morgan fingerprint density at radius 2 is 1.88 bits per heavy atom. The van der Waals surface area contributed by atoms with Crippen molar-refractivity contribution in [3.8, 4) is 0 Å². The fourth-order valence-corrected chi connectivity index (χ4v) is 0.144. The maximum absolute atomic E-state index is 9.22. The summed E-state index contributed by atoms with van der Waals surface area (Å²) in [6.07, 6.45) is 0. The Balaban J connectivity index is 0. The van der Waals surface area contributed by atoms with Crippen molar-refractivity contribution in [1.82, 2.24) is 0 Å². The fourth-order valence-electron chi connectivity index (χ4n) is 0.0481. The van der Waals surface area contributed by atoms with Crippen molar-refractivity contribution in [1.29, 1.82) is 0 Å². The normalized spacial score (nSPS) is 9.12. The monoisotopic (exact) mass is 188 g/mol. The van der Waals surface area contributed by atoms with Crippen LogP contribution in [-0.2, 0) is 36.4 Å². The maximum atomic E-state index is 9.22. The van der Waals surface area contributed by atoms with Gasteiger partial charge in [0.15, 0.2) is 0 Å². The minimum atomic E-state index is -4.79. The molecular formula is CHCuO5S. The summed E-state index contributed by atoms with van der Waals surface area (Å²) in [7, 11) is -4.79. The standard InChI is InChI=1S/CH2O5S.Cu/c2-1-6-7(3,4)5;/h1H,(H,3,4,5);/q;+1/p-1. The molecule has 0 N–H and O–H groups in total. The number of hydrogen-bond donors (Lipinski definition) is 0. The molecule has 52 valence electrons. The molecule has 0 rings (SSSR count). The summed E-state index contributed by atoms with van der Waals surface area (Å²) < 4.78 is 30.6. The molecule has 0 saturated heterocycles. The van der Waals surface area contributed by atoms with Crippen LogP contribution in [0, 0.1) is 0 Å². The molecule has 0 aromatic heterocycles. The third-order valence-electron chi connectivity index (χ3n) is 0.157. The largest absolute Gasteiger partial charge is 1.00 e. The Kier molecular flexibility index (Phi) is 5.20. The second kappa shape index (κ2) is 3.85. The molecule has 0 radical (unpaired) electrons. The number of carbonyl (C=O) groups excluding carboxylic acids is 1. The SMILES string of the molecule is O=COS(=O)(=O)[O-].[Cu+]. The van der Waals surface area contributed by atoms with Crippen LogP contribution in [0.2, 0.25) is 0 Å². The molecule has 0 aromatic carbocycles. The van der Waals surface area contributed by atoms with E-state index in [1.165, 1.54) is 0 Å². The van der Waals surface area contributed by atoms with Crippen LogP contribution < -0.4 is 0 Å². The van der Waals surface area contributed by atoms with E-state index in [1.807, 2.05) is 0 Å². The summed E-state index contributed by atoms with van der Waals surface area (Å²) >= 11 is 0. The van der Waals surface area contributed by atoms with Gasteiger partial charge in [-0.25, -0.2) is 8.42 Å². The second-order valence-corrected chi connectivity index (χ2v) is 1.61. The molecule has 0 aliphatic heterocycles. The molecule has 0 bridgehead atoms. The zero-order chi connectivity index (χ0) is 5.91. The van der Waals surface area contributed by atoms with Gasteiger partial charge in [-0.3, -0.25) is 4.79 Å². The minimum absolute atomic E-state index is 0. The van der Waals surface area contributed by atoms with Crippen molar-refractivity contribution in [3.63, 3.8) is 0 Å². The average Bonchev–Trinajstić information content (AvgIpc) is 1.30. The van der Waals surface area contributed by atoms with Crippen LogP contribution in [0.3, 0.4) is 0 Å². The van der Waals surface area contributed by atoms with E-state index in [9.17, 15) is 13.0 Å². The number of rotatable bonds is 2. The van der Waals surface area contributed by atoms with E-state index in [1.54, 1.807) is 0 Å². The zero-order valence-electron chi connectivity index (χ0n) is 3.33. The van der Waals surface area contributed by atoms with Gasteiger partial charge in [0, 0.05) is 0 Å². The Hall–Kier alpha value is -0.101. The second-order valence-electron chi connectivity index (χ2n) is 0.601. The summed E-state index contributed by atoms with van der Waals surface area (Å²) in [5, 5.41) is 0. The average molecular weight is 189 g/mol. The molecule has 0 aromatic rings. The van der Waals surface area contributed by atoms with E-state index in [4.69, 9.17) is 4.79 Å². The molecule has 0 spiro atoms. The topological polar surface area (TPSA) is 83.5 Å². The van der Waals surface area contributed by atoms with Crippen molar-refractivity contribution in [2.24, 2.45) is 0 Å². The summed E-state index contributed by atoms with van der Waals surface area (Å²) in [5.74, 6) is 0. The Morgan fingerprint density at radius 3 is 1.88 bits per heavy atom. The van der Waals surface area contributed by atoms with Crippen molar-refractivity contribution >= 4 is 16.9 Å². The van der Waals surface area contributed by atoms with Gasteiger partial charge in [-0.2, -0.15) is 0 Å². The Labute approximate surface area is 56.4 Å². The van der Waals surface area contributed by atoms with Gasteiger partial charge in [0.2, 0.25) is 0 Å². The third-order valence-corrected chi connectivity index (χ3v) is 0.471. The van der Waals surface area contributed by atoms with E-state index in [2.05, 4.69) is 4.18 Å². The van der Waals surface area contributed by atoms with Crippen molar-refractivity contribution in [2.45, 2.75) is 0 Å². The molecule has 0 aliphatic rings. The molecule has 0 heterocycles. The van der Waals surface area contributed by atoms with Gasteiger partial charge in [0.1, 0.15) is 0 Å². The molecule has 0 fully saturated rings. The maximum Gasteiger partial charge on any atom is 1.00 e. The van der Waals surface area contributed by atoms with Crippen LogP contribution >= 0.6 is 0 Å². The third kappa shape index (κ3) is 9.31. The number of hydrogen-bond acceptors (Lipinski definition) is 5. The van der Waals surface area contributed by atoms with E-state index < -0.39 is 16.9 Å². The first-order chi connectivity index (χ1) is 3.06. The van der Waals surface area contributed by atoms with Crippen LogP contribution in [0.15, 0.2) is 0 Å². The minimum Gasteiger partial charge on any atom is -0.716 e. The molecule has 0 saturated carbocycles. The molecule has 0 atom stereocenters. The van der Waals surface area contributed by atoms with Gasteiger partial charge in [-0.1, -0.05) is 0 Å². The van der Waals surface area contributed by atoms with Crippen LogP contribution in [0.5, 0.6) is 0 Å². The first kappa shape index (κ1) is 10.8. The van der Waals surface area contributed by atoms with Gasteiger partial charge in [0.05, 0.1) is 0 Å². The molecular weight excluding hydrogens is 188 g/mol. The van der Waals surface area contributed by atoms with Crippen molar-refractivity contribution in [2.75, 3.05) is 0 Å². The predicted octanol–water partition coefficient (Wildman–Crippen LogP) is -1.38. The van der Waals surface area contributed by atoms with E-state index >= 15 is 0 Å². The molecule has 0 amide bonds. The van der Waals surface area contributed by atoms with Gasteiger partial charge >= 0.3 is 23.5 Å². The van der Waals surface area contributed by atoms with Crippen LogP contribution in [0.25, 0.3) is 0 Å². The van der Waals surface area contributed by atoms with Crippen molar-refractivity contribution in [3.05, 3.63) is 0 Å². The summed E-state index contributed by atoms with van der Waals surface area (Å²) in [6, 6.07) is 0. The van der Waals surface area contributed by atoms with Crippen LogP contribution in [-0.4, -0.2) is 19.4 Å².